The van der Waals surface area contributed by atoms with Crippen LogP contribution in [0.15, 0.2) is 0 Å². The van der Waals surface area contributed by atoms with Crippen molar-refractivity contribution in [2.45, 2.75) is 12.1 Å². The standard InChI is InChI=1S/C4H2F5NO/c5-3(6,1-11-2-10)4(7,8)9/h1H2. The summed E-state index contributed by atoms with van der Waals surface area (Å²) >= 11 is 0. The topological polar surface area (TPSA) is 33.0 Å². The lowest BCUT2D eigenvalue weighted by atomic mass is 10.3. The molecule has 0 amide bonds. The molecule has 0 aliphatic carbocycles. The monoisotopic (exact) mass is 175 g/mol. The van der Waals surface area contributed by atoms with E-state index in [9.17, 15) is 22.0 Å². The third-order valence-electron chi connectivity index (χ3n) is 0.733. The zero-order valence-electron chi connectivity index (χ0n) is 4.95. The van der Waals surface area contributed by atoms with Gasteiger partial charge in [0.15, 0.2) is 6.61 Å². The lowest BCUT2D eigenvalue weighted by molar-refractivity contribution is -0.292. The Morgan fingerprint density at radius 1 is 1.18 bits per heavy atom. The van der Waals surface area contributed by atoms with Gasteiger partial charge in [0, 0.05) is 0 Å². The Morgan fingerprint density at radius 2 is 1.64 bits per heavy atom. The van der Waals surface area contributed by atoms with Gasteiger partial charge in [-0.1, -0.05) is 0 Å². The lowest BCUT2D eigenvalue weighted by Gasteiger charge is -2.16. The van der Waals surface area contributed by atoms with E-state index >= 15 is 0 Å². The van der Waals surface area contributed by atoms with Crippen LogP contribution in [0.25, 0.3) is 0 Å². The molecule has 0 aromatic rings. The molecule has 0 fully saturated rings. The van der Waals surface area contributed by atoms with Crippen molar-refractivity contribution in [3.8, 4) is 6.26 Å². The summed E-state index contributed by atoms with van der Waals surface area (Å²) in [5.74, 6) is -4.96. The molecular formula is C4H2F5NO. The number of rotatable bonds is 2. The smallest absolute Gasteiger partial charge is 0.421 e. The molecule has 64 valence electrons. The van der Waals surface area contributed by atoms with Gasteiger partial charge in [0.25, 0.3) is 6.26 Å². The predicted octanol–water partition coefficient (Wildman–Crippen LogP) is 1.68. The molecule has 0 N–H and O–H groups in total. The fourth-order valence-electron chi connectivity index (χ4n) is 0.205. The second-order valence-electron chi connectivity index (χ2n) is 1.58. The van der Waals surface area contributed by atoms with Crippen LogP contribution in [0.2, 0.25) is 0 Å². The summed E-state index contributed by atoms with van der Waals surface area (Å²) < 4.78 is 60.3. The van der Waals surface area contributed by atoms with Gasteiger partial charge < -0.3 is 4.74 Å². The highest BCUT2D eigenvalue weighted by Crippen LogP contribution is 2.35. The minimum absolute atomic E-state index is 0.716. The van der Waals surface area contributed by atoms with Gasteiger partial charge in [-0.15, -0.1) is 0 Å². The third kappa shape index (κ3) is 2.57. The molecular weight excluding hydrogens is 173 g/mol. The molecule has 0 aliphatic rings. The third-order valence-corrected chi connectivity index (χ3v) is 0.733. The van der Waals surface area contributed by atoms with Crippen molar-refractivity contribution in [2.75, 3.05) is 6.61 Å². The maximum absolute atomic E-state index is 11.7. The Kier molecular flexibility index (Phi) is 2.62. The first kappa shape index (κ1) is 9.94. The second kappa shape index (κ2) is 2.90. The number of nitriles is 1. The Balaban J connectivity index is 4.13. The highest BCUT2D eigenvalue weighted by atomic mass is 19.4. The van der Waals surface area contributed by atoms with Crippen LogP contribution in [0.5, 0.6) is 0 Å². The fourth-order valence-corrected chi connectivity index (χ4v) is 0.205. The van der Waals surface area contributed by atoms with Crippen LogP contribution in [0.4, 0.5) is 22.0 Å². The van der Waals surface area contributed by atoms with Crippen LogP contribution < -0.4 is 0 Å². The van der Waals surface area contributed by atoms with Gasteiger partial charge in [-0.2, -0.15) is 27.2 Å². The number of nitrogens with zero attached hydrogens (tertiary/aromatic N) is 1. The molecule has 0 heterocycles. The van der Waals surface area contributed by atoms with Crippen LogP contribution in [0.3, 0.4) is 0 Å². The van der Waals surface area contributed by atoms with E-state index in [0.29, 0.717) is 6.26 Å². The first-order valence-electron chi connectivity index (χ1n) is 2.26. The summed E-state index contributed by atoms with van der Waals surface area (Å²) in [4.78, 5) is 0. The van der Waals surface area contributed by atoms with Gasteiger partial charge in [0.2, 0.25) is 0 Å². The van der Waals surface area contributed by atoms with Crippen LogP contribution in [0.1, 0.15) is 0 Å². The largest absolute Gasteiger partial charge is 0.457 e. The molecule has 7 heteroatoms. The maximum Gasteiger partial charge on any atom is 0.457 e. The SMILES string of the molecule is N#COCC(F)(F)C(F)(F)F. The van der Waals surface area contributed by atoms with Crippen molar-refractivity contribution in [1.29, 1.82) is 5.26 Å². The van der Waals surface area contributed by atoms with E-state index in [1.807, 2.05) is 0 Å². The van der Waals surface area contributed by atoms with Gasteiger partial charge in [-0.25, -0.2) is 0 Å². The minimum atomic E-state index is -5.66. The molecule has 0 saturated heterocycles. The van der Waals surface area contributed by atoms with E-state index in [2.05, 4.69) is 4.74 Å². The molecule has 0 rings (SSSR count). The number of ether oxygens (including phenoxy) is 1. The van der Waals surface area contributed by atoms with Gasteiger partial charge in [0.05, 0.1) is 0 Å². The van der Waals surface area contributed by atoms with Crippen LogP contribution in [-0.4, -0.2) is 18.7 Å². The van der Waals surface area contributed by atoms with E-state index in [4.69, 9.17) is 5.26 Å². The van der Waals surface area contributed by atoms with Crippen LogP contribution >= 0.6 is 0 Å². The van der Waals surface area contributed by atoms with E-state index in [-0.39, 0.29) is 0 Å². The van der Waals surface area contributed by atoms with Crippen molar-refractivity contribution in [3.05, 3.63) is 0 Å². The molecule has 0 saturated carbocycles. The van der Waals surface area contributed by atoms with E-state index < -0.39 is 18.7 Å². The van der Waals surface area contributed by atoms with Gasteiger partial charge in [0.1, 0.15) is 0 Å². The molecule has 0 spiro atoms. The van der Waals surface area contributed by atoms with Crippen LogP contribution in [0, 0.1) is 11.5 Å². The fraction of sp³-hybridized carbons (Fsp3) is 0.750. The Bertz CT molecular complexity index is 168. The van der Waals surface area contributed by atoms with E-state index in [1.165, 1.54) is 0 Å². The van der Waals surface area contributed by atoms with Crippen molar-refractivity contribution < 1.29 is 26.7 Å². The van der Waals surface area contributed by atoms with Gasteiger partial charge in [-0.05, 0) is 0 Å². The Morgan fingerprint density at radius 3 is 1.91 bits per heavy atom. The quantitative estimate of drug-likeness (QED) is 0.472. The van der Waals surface area contributed by atoms with Crippen molar-refractivity contribution >= 4 is 0 Å². The Hall–Kier alpha value is -1.06. The number of hydrogen-bond donors (Lipinski definition) is 0. The van der Waals surface area contributed by atoms with Crippen molar-refractivity contribution in [2.24, 2.45) is 0 Å². The first-order chi connectivity index (χ1) is 4.81. The predicted molar refractivity (Wildman–Crippen MR) is 22.6 cm³/mol. The first-order valence-corrected chi connectivity index (χ1v) is 2.26. The highest BCUT2D eigenvalue weighted by molar-refractivity contribution is 4.76. The summed E-state index contributed by atoms with van der Waals surface area (Å²) in [6.07, 6.45) is -4.95. The number of halogens is 5. The number of hydrogen-bond acceptors (Lipinski definition) is 2. The molecule has 11 heavy (non-hydrogen) atoms. The average Bonchev–Trinajstić information content (AvgIpc) is 1.81. The minimum Gasteiger partial charge on any atom is -0.421 e. The summed E-state index contributed by atoms with van der Waals surface area (Å²) in [6, 6.07) is 0. The van der Waals surface area contributed by atoms with Gasteiger partial charge in [-0.3, -0.25) is 0 Å². The number of alkyl halides is 5. The molecule has 0 bridgehead atoms. The van der Waals surface area contributed by atoms with Crippen LogP contribution in [-0.2, 0) is 4.74 Å². The second-order valence-corrected chi connectivity index (χ2v) is 1.58. The summed E-state index contributed by atoms with van der Waals surface area (Å²) in [5.41, 5.74) is 0. The Labute approximate surface area is 58.2 Å². The lowest BCUT2D eigenvalue weighted by Crippen LogP contribution is -2.40. The molecule has 2 nitrogen and oxygen atoms in total. The maximum atomic E-state index is 11.7. The summed E-state index contributed by atoms with van der Waals surface area (Å²) in [7, 11) is 0. The zero-order chi connectivity index (χ0) is 9.12. The van der Waals surface area contributed by atoms with Crippen molar-refractivity contribution in [3.63, 3.8) is 0 Å². The summed E-state index contributed by atoms with van der Waals surface area (Å²) in [6.45, 7) is -1.97. The molecule has 0 radical (unpaired) electrons. The molecule has 0 aromatic heterocycles. The zero-order valence-corrected chi connectivity index (χ0v) is 4.95. The van der Waals surface area contributed by atoms with Crippen molar-refractivity contribution in [1.82, 2.24) is 0 Å². The highest BCUT2D eigenvalue weighted by Gasteiger charge is 2.58. The molecule has 0 unspecified atom stereocenters. The van der Waals surface area contributed by atoms with Gasteiger partial charge >= 0.3 is 12.1 Å². The van der Waals surface area contributed by atoms with E-state index in [0.717, 1.165) is 0 Å². The molecule has 0 atom stereocenters. The molecule has 0 aromatic carbocycles. The normalized spacial score (nSPS) is 12.4. The average molecular weight is 175 g/mol. The summed E-state index contributed by atoms with van der Waals surface area (Å²) in [5, 5.41) is 7.52. The van der Waals surface area contributed by atoms with E-state index in [1.54, 1.807) is 0 Å². The molecule has 0 aliphatic heterocycles.